The Kier molecular flexibility index (Phi) is 6.39. The highest BCUT2D eigenvalue weighted by Gasteiger charge is 2.20. The van der Waals surface area contributed by atoms with E-state index in [4.69, 9.17) is 16.6 Å². The first-order valence-electron chi connectivity index (χ1n) is 8.18. The van der Waals surface area contributed by atoms with Crippen molar-refractivity contribution in [3.8, 4) is 0 Å². The van der Waals surface area contributed by atoms with Gasteiger partial charge in [-0.25, -0.2) is 0 Å². The lowest BCUT2D eigenvalue weighted by atomic mass is 10.1. The van der Waals surface area contributed by atoms with E-state index in [1.807, 2.05) is 12.1 Å². The van der Waals surface area contributed by atoms with Gasteiger partial charge in [0, 0.05) is 16.1 Å². The van der Waals surface area contributed by atoms with Gasteiger partial charge in [-0.15, -0.1) is 0 Å². The van der Waals surface area contributed by atoms with Crippen molar-refractivity contribution >= 4 is 44.6 Å². The summed E-state index contributed by atoms with van der Waals surface area (Å²) in [5, 5.41) is 25.8. The highest BCUT2D eigenvalue weighted by molar-refractivity contribution is 9.10. The van der Waals surface area contributed by atoms with Gasteiger partial charge in [0.05, 0.1) is 19.4 Å². The number of rotatable bonds is 6. The second kappa shape index (κ2) is 8.94. The number of thiocarbonyl (C=S) groups is 1. The third-order valence-electron chi connectivity index (χ3n) is 3.85. The molecule has 7 heteroatoms. The molecule has 2 N–H and O–H groups in total. The van der Waals surface area contributed by atoms with Crippen LogP contribution in [0.2, 0.25) is 0 Å². The Balaban J connectivity index is 2.04. The van der Waals surface area contributed by atoms with Gasteiger partial charge in [0.25, 0.3) is 0 Å². The summed E-state index contributed by atoms with van der Waals surface area (Å²) in [5.41, 5.74) is 1.46. The fraction of sp³-hybridized carbons (Fsp3) is 0.100. The minimum absolute atomic E-state index is 0.135. The molecule has 0 aliphatic rings. The summed E-state index contributed by atoms with van der Waals surface area (Å²) in [5.74, 6) is 0.471. The Hall–Kier alpha value is -2.48. The number of hydrogen-bond donors (Lipinski definition) is 2. The molecule has 5 nitrogen and oxygen atoms in total. The molecule has 0 fully saturated rings. The van der Waals surface area contributed by atoms with Crippen LogP contribution in [-0.4, -0.2) is 10.1 Å². The Morgan fingerprint density at radius 1 is 1.19 bits per heavy atom. The summed E-state index contributed by atoms with van der Waals surface area (Å²) in [4.78, 5) is 0.284. The first-order valence-corrected chi connectivity index (χ1v) is 9.38. The summed E-state index contributed by atoms with van der Waals surface area (Å²) in [7, 11) is 0. The van der Waals surface area contributed by atoms with Crippen molar-refractivity contribution in [2.24, 2.45) is 0 Å². The monoisotopic (exact) mass is 444 g/mol. The van der Waals surface area contributed by atoms with Crippen LogP contribution in [0.5, 0.6) is 0 Å². The number of benzene rings is 1. The molecule has 2 aromatic heterocycles. The summed E-state index contributed by atoms with van der Waals surface area (Å²) >= 11 is 8.94. The van der Waals surface area contributed by atoms with Gasteiger partial charge < -0.3 is 19.9 Å². The summed E-state index contributed by atoms with van der Waals surface area (Å²) in [6.07, 6.45) is 4.99. The molecule has 0 aliphatic heterocycles. The molecule has 3 rings (SSSR count). The molecule has 1 aromatic carbocycles. The number of aromatic nitrogens is 1. The topological polar surface area (TPSA) is 72.3 Å². The Morgan fingerprint density at radius 3 is 2.70 bits per heavy atom. The summed E-state index contributed by atoms with van der Waals surface area (Å²) < 4.78 is 7.62. The molecule has 0 amide bonds. The molecule has 0 saturated heterocycles. The molecule has 0 unspecified atom stereocenters. The maximum Gasteiger partial charge on any atom is 0.238 e. The molecule has 138 valence electrons. The van der Waals surface area contributed by atoms with Gasteiger partial charge in [-0.05, 0) is 35.6 Å². The minimum atomic E-state index is -0.237. The van der Waals surface area contributed by atoms with Crippen molar-refractivity contribution in [2.75, 3.05) is 0 Å². The molecule has 2 heterocycles. The number of hydrogen-bond acceptors (Lipinski definition) is 4. The van der Waals surface area contributed by atoms with Gasteiger partial charge >= 0.3 is 0 Å². The quantitative estimate of drug-likeness (QED) is 0.264. The zero-order valence-electron chi connectivity index (χ0n) is 14.3. The number of aliphatic hydroxyl groups is 1. The van der Waals surface area contributed by atoms with E-state index in [2.05, 4.69) is 21.2 Å². The normalized spacial score (nSPS) is 11.8. The lowest BCUT2D eigenvalue weighted by Crippen LogP contribution is -2.42. The van der Waals surface area contributed by atoms with E-state index in [0.29, 0.717) is 33.6 Å². The van der Waals surface area contributed by atoms with Crippen LogP contribution in [0.1, 0.15) is 16.9 Å². The van der Waals surface area contributed by atoms with Crippen LogP contribution in [-0.2, 0) is 13.2 Å². The van der Waals surface area contributed by atoms with Gasteiger partial charge in [0.1, 0.15) is 5.76 Å². The van der Waals surface area contributed by atoms with Crippen molar-refractivity contribution in [1.29, 1.82) is 0 Å². The average Bonchev–Trinajstić information content (AvgIpc) is 3.20. The summed E-state index contributed by atoms with van der Waals surface area (Å²) in [6.45, 7) is 0.225. The van der Waals surface area contributed by atoms with E-state index < -0.39 is 0 Å². The first-order chi connectivity index (χ1) is 13.1. The second-order valence-corrected chi connectivity index (χ2v) is 6.96. The molecule has 0 bridgehead atoms. The number of aliphatic hydroxyl groups excluding tert-OH is 1. The van der Waals surface area contributed by atoms with Crippen molar-refractivity contribution in [1.82, 2.24) is 5.32 Å². The van der Waals surface area contributed by atoms with Crippen LogP contribution < -0.4 is 15.0 Å². The Labute approximate surface area is 170 Å². The molecular weight excluding hydrogens is 428 g/mol. The van der Waals surface area contributed by atoms with Crippen molar-refractivity contribution in [3.63, 3.8) is 0 Å². The number of nitrogens with zero attached hydrogens (tertiary/aromatic N) is 1. The molecule has 0 aliphatic carbocycles. The number of nitrogens with one attached hydrogen (secondary N) is 1. The van der Waals surface area contributed by atoms with Gasteiger partial charge in [0.2, 0.25) is 5.70 Å². The van der Waals surface area contributed by atoms with E-state index in [9.17, 15) is 10.2 Å². The molecule has 0 atom stereocenters. The van der Waals surface area contributed by atoms with Crippen LogP contribution >= 0.6 is 28.1 Å². The van der Waals surface area contributed by atoms with Crippen LogP contribution in [0.15, 0.2) is 76.1 Å². The molecular formula is C20H17BrN2O3S. The SMILES string of the molecule is [O-]C(=C(C(=S)NCc1ccco1)[n+]1cccc(CO)c1)c1ccccc1Br. The van der Waals surface area contributed by atoms with Gasteiger partial charge in [-0.3, -0.25) is 0 Å². The molecule has 27 heavy (non-hydrogen) atoms. The highest BCUT2D eigenvalue weighted by atomic mass is 79.9. The largest absolute Gasteiger partial charge is 0.867 e. The zero-order chi connectivity index (χ0) is 19.2. The van der Waals surface area contributed by atoms with E-state index in [1.54, 1.807) is 59.6 Å². The van der Waals surface area contributed by atoms with Crippen molar-refractivity contribution < 1.29 is 19.2 Å². The Morgan fingerprint density at radius 2 is 2.00 bits per heavy atom. The molecule has 0 spiro atoms. The van der Waals surface area contributed by atoms with Gasteiger partial charge in [-0.2, -0.15) is 4.57 Å². The van der Waals surface area contributed by atoms with E-state index in [-0.39, 0.29) is 17.4 Å². The van der Waals surface area contributed by atoms with Crippen molar-refractivity contribution in [3.05, 3.63) is 88.5 Å². The van der Waals surface area contributed by atoms with Gasteiger partial charge in [0.15, 0.2) is 17.4 Å². The number of halogens is 1. The van der Waals surface area contributed by atoms with Gasteiger partial charge in [-0.1, -0.05) is 46.3 Å². The highest BCUT2D eigenvalue weighted by Crippen LogP contribution is 2.23. The van der Waals surface area contributed by atoms with E-state index in [0.717, 1.165) is 0 Å². The predicted octanol–water partition coefficient (Wildman–Crippen LogP) is 2.63. The lowest BCUT2D eigenvalue weighted by Gasteiger charge is -2.18. The van der Waals surface area contributed by atoms with Crippen LogP contribution in [0, 0.1) is 0 Å². The van der Waals surface area contributed by atoms with E-state index >= 15 is 0 Å². The fourth-order valence-electron chi connectivity index (χ4n) is 2.53. The van der Waals surface area contributed by atoms with E-state index in [1.165, 1.54) is 0 Å². The maximum absolute atomic E-state index is 13.3. The predicted molar refractivity (Wildman–Crippen MR) is 108 cm³/mol. The van der Waals surface area contributed by atoms with Crippen LogP contribution in [0.25, 0.3) is 11.5 Å². The lowest BCUT2D eigenvalue weighted by molar-refractivity contribution is -0.578. The number of pyridine rings is 1. The first kappa shape index (κ1) is 19.3. The average molecular weight is 445 g/mol. The smallest absolute Gasteiger partial charge is 0.238 e. The second-order valence-electron chi connectivity index (χ2n) is 5.70. The standard InChI is InChI=1S/C20H17BrN2O3S/c21-17-8-2-1-7-16(17)19(25)18(23-9-3-5-14(12-23)13-24)20(27)22-11-15-6-4-10-26-15/h1-10,12,24H,11,13H2,(H-,22,25,27). The minimum Gasteiger partial charge on any atom is -0.867 e. The van der Waals surface area contributed by atoms with Crippen LogP contribution in [0.4, 0.5) is 0 Å². The summed E-state index contributed by atoms with van der Waals surface area (Å²) in [6, 6.07) is 14.3. The molecule has 0 radical (unpaired) electrons. The third kappa shape index (κ3) is 4.63. The molecule has 0 saturated carbocycles. The molecule has 3 aromatic rings. The van der Waals surface area contributed by atoms with Crippen LogP contribution in [0.3, 0.4) is 0 Å². The maximum atomic E-state index is 13.3. The Bertz CT molecular complexity index is 971. The fourth-order valence-corrected chi connectivity index (χ4v) is 3.27. The third-order valence-corrected chi connectivity index (χ3v) is 4.88. The number of furan rings is 1. The van der Waals surface area contributed by atoms with Crippen molar-refractivity contribution in [2.45, 2.75) is 13.2 Å². The zero-order valence-corrected chi connectivity index (χ0v) is 16.7.